The van der Waals surface area contributed by atoms with Gasteiger partial charge in [-0.3, -0.25) is 0 Å². The van der Waals surface area contributed by atoms with Crippen molar-refractivity contribution in [1.29, 1.82) is 0 Å². The smallest absolute Gasteiger partial charge is 0.318 e. The van der Waals surface area contributed by atoms with Crippen LogP contribution in [0.25, 0.3) is 0 Å². The third-order valence-electron chi connectivity index (χ3n) is 4.01. The third-order valence-corrected chi connectivity index (χ3v) is 4.01. The maximum Gasteiger partial charge on any atom is 0.318 e. The first kappa shape index (κ1) is 15.6. The van der Waals surface area contributed by atoms with Crippen molar-refractivity contribution in [3.8, 4) is 0 Å². The lowest BCUT2D eigenvalue weighted by atomic mass is 10.1. The van der Waals surface area contributed by atoms with Gasteiger partial charge in [0.15, 0.2) is 0 Å². The summed E-state index contributed by atoms with van der Waals surface area (Å²) in [5.74, 6) is 0. The molecule has 5 heteroatoms. The van der Waals surface area contributed by atoms with Crippen molar-refractivity contribution in [3.63, 3.8) is 0 Å². The first-order valence-electron chi connectivity index (χ1n) is 7.79. The number of carbonyl (C=O) groups is 1. The second-order valence-corrected chi connectivity index (χ2v) is 5.49. The minimum absolute atomic E-state index is 0.195. The molecule has 1 aliphatic rings. The largest absolute Gasteiger partial charge is 0.382 e. The highest BCUT2D eigenvalue weighted by molar-refractivity contribution is 5.89. The normalized spacial score (nSPS) is 19.6. The quantitative estimate of drug-likeness (QED) is 0.799. The molecule has 1 atom stereocenters. The zero-order valence-electron chi connectivity index (χ0n) is 13.0. The summed E-state index contributed by atoms with van der Waals surface area (Å²) in [6, 6.07) is 8.24. The topological polar surface area (TPSA) is 56.4 Å². The van der Waals surface area contributed by atoms with E-state index in [1.54, 1.807) is 7.05 Å². The predicted molar refractivity (Wildman–Crippen MR) is 87.9 cm³/mol. The number of nitrogens with one attached hydrogen (secondary N) is 3. The van der Waals surface area contributed by atoms with Crippen LogP contribution in [0.15, 0.2) is 24.3 Å². The maximum absolute atomic E-state index is 11.2. The van der Waals surface area contributed by atoms with E-state index in [1.807, 2.05) is 24.3 Å². The molecule has 0 spiro atoms. The van der Waals surface area contributed by atoms with Gasteiger partial charge in [0.2, 0.25) is 0 Å². The van der Waals surface area contributed by atoms with Crippen LogP contribution in [0.2, 0.25) is 0 Å². The highest BCUT2D eigenvalue weighted by atomic mass is 16.2. The summed E-state index contributed by atoms with van der Waals surface area (Å²) in [7, 11) is 1.61. The van der Waals surface area contributed by atoms with Crippen LogP contribution in [-0.4, -0.2) is 43.7 Å². The third kappa shape index (κ3) is 4.93. The molecule has 0 radical (unpaired) electrons. The zero-order chi connectivity index (χ0) is 15.1. The van der Waals surface area contributed by atoms with Crippen molar-refractivity contribution >= 4 is 17.4 Å². The number of hydrogen-bond donors (Lipinski definition) is 3. The highest BCUT2D eigenvalue weighted by Crippen LogP contribution is 2.19. The molecule has 1 aromatic rings. The van der Waals surface area contributed by atoms with Gasteiger partial charge >= 0.3 is 6.03 Å². The lowest BCUT2D eigenvalue weighted by Gasteiger charge is -2.19. The van der Waals surface area contributed by atoms with Gasteiger partial charge in [0.1, 0.15) is 0 Å². The second kappa shape index (κ2) is 7.88. The van der Waals surface area contributed by atoms with Crippen molar-refractivity contribution in [2.24, 2.45) is 0 Å². The van der Waals surface area contributed by atoms with Crippen molar-refractivity contribution < 1.29 is 4.79 Å². The first-order valence-corrected chi connectivity index (χ1v) is 7.79. The summed E-state index contributed by atoms with van der Waals surface area (Å²) in [5.41, 5.74) is 1.92. The van der Waals surface area contributed by atoms with E-state index in [4.69, 9.17) is 0 Å². The molecule has 0 saturated carbocycles. The van der Waals surface area contributed by atoms with Crippen LogP contribution >= 0.6 is 0 Å². The average Bonchev–Trinajstić information content (AvgIpc) is 2.74. The Labute approximate surface area is 127 Å². The number of nitrogens with zero attached hydrogens (tertiary/aromatic N) is 1. The summed E-state index contributed by atoms with van der Waals surface area (Å²) in [6.45, 7) is 5.76. The van der Waals surface area contributed by atoms with Gasteiger partial charge in [-0.15, -0.1) is 0 Å². The lowest BCUT2D eigenvalue weighted by molar-refractivity contribution is 0.254. The van der Waals surface area contributed by atoms with E-state index in [1.165, 1.54) is 32.4 Å². The molecule has 2 amide bonds. The van der Waals surface area contributed by atoms with Crippen LogP contribution in [0.3, 0.4) is 0 Å². The van der Waals surface area contributed by atoms with Gasteiger partial charge < -0.3 is 20.9 Å². The van der Waals surface area contributed by atoms with Gasteiger partial charge in [-0.05, 0) is 56.6 Å². The van der Waals surface area contributed by atoms with Gasteiger partial charge in [-0.2, -0.15) is 0 Å². The molecule has 1 heterocycles. The van der Waals surface area contributed by atoms with Crippen molar-refractivity contribution in [2.75, 3.05) is 37.3 Å². The Kier molecular flexibility index (Phi) is 5.87. The summed E-state index contributed by atoms with van der Waals surface area (Å²) in [5, 5.41) is 8.91. The summed E-state index contributed by atoms with van der Waals surface area (Å²) < 4.78 is 0. The number of carbonyl (C=O) groups excluding carboxylic acids is 1. The molecular weight excluding hydrogens is 264 g/mol. The average molecular weight is 290 g/mol. The predicted octanol–water partition coefficient (Wildman–Crippen LogP) is 2.72. The monoisotopic (exact) mass is 290 g/mol. The van der Waals surface area contributed by atoms with Gasteiger partial charge in [0.25, 0.3) is 0 Å². The molecule has 0 aromatic heterocycles. The molecule has 1 unspecified atom stereocenters. The van der Waals surface area contributed by atoms with Crippen molar-refractivity contribution in [3.05, 3.63) is 24.3 Å². The van der Waals surface area contributed by atoms with E-state index in [2.05, 4.69) is 27.8 Å². The molecule has 2 rings (SSSR count). The van der Waals surface area contributed by atoms with E-state index in [0.29, 0.717) is 6.04 Å². The number of hydrogen-bond acceptors (Lipinski definition) is 3. The summed E-state index contributed by atoms with van der Waals surface area (Å²) >= 11 is 0. The minimum atomic E-state index is -0.195. The van der Waals surface area contributed by atoms with Crippen LogP contribution in [0.1, 0.15) is 26.2 Å². The highest BCUT2D eigenvalue weighted by Gasteiger charge is 2.15. The van der Waals surface area contributed by atoms with E-state index in [9.17, 15) is 4.79 Å². The fraction of sp³-hybridized carbons (Fsp3) is 0.562. The fourth-order valence-electron chi connectivity index (χ4n) is 2.70. The molecule has 21 heavy (non-hydrogen) atoms. The van der Waals surface area contributed by atoms with Gasteiger partial charge in [-0.1, -0.05) is 6.92 Å². The molecule has 0 bridgehead atoms. The summed E-state index contributed by atoms with van der Waals surface area (Å²) in [4.78, 5) is 13.7. The zero-order valence-corrected chi connectivity index (χ0v) is 13.0. The van der Waals surface area contributed by atoms with Gasteiger partial charge in [0, 0.05) is 31.0 Å². The number of anilines is 2. The Hall–Kier alpha value is -1.75. The first-order chi connectivity index (χ1) is 10.2. The van der Waals surface area contributed by atoms with Crippen molar-refractivity contribution in [2.45, 2.75) is 32.2 Å². The van der Waals surface area contributed by atoms with E-state index in [-0.39, 0.29) is 6.03 Å². The number of urea groups is 1. The number of rotatable bonds is 4. The van der Waals surface area contributed by atoms with E-state index in [0.717, 1.165) is 17.9 Å². The maximum atomic E-state index is 11.2. The van der Waals surface area contributed by atoms with Gasteiger partial charge in [0.05, 0.1) is 0 Å². The molecule has 116 valence electrons. The fourth-order valence-corrected chi connectivity index (χ4v) is 2.70. The molecule has 1 aromatic carbocycles. The molecule has 0 aliphatic carbocycles. The standard InChI is InChI=1S/C16H26N4O/c1-3-20-11-4-5-13(10-12-20)18-14-6-8-15(9-7-14)19-16(21)17-2/h6-9,13,18H,3-5,10-12H2,1-2H3,(H2,17,19,21). The molecule has 1 aliphatic heterocycles. The summed E-state index contributed by atoms with van der Waals surface area (Å²) in [6.07, 6.45) is 3.66. The van der Waals surface area contributed by atoms with Crippen LogP contribution in [-0.2, 0) is 0 Å². The van der Waals surface area contributed by atoms with Crippen LogP contribution in [0, 0.1) is 0 Å². The van der Waals surface area contributed by atoms with E-state index < -0.39 is 0 Å². The molecular formula is C16H26N4O. The minimum Gasteiger partial charge on any atom is -0.382 e. The van der Waals surface area contributed by atoms with Crippen LogP contribution in [0.4, 0.5) is 16.2 Å². The van der Waals surface area contributed by atoms with Gasteiger partial charge in [-0.25, -0.2) is 4.79 Å². The molecule has 3 N–H and O–H groups in total. The Balaban J connectivity index is 1.86. The Morgan fingerprint density at radius 3 is 2.57 bits per heavy atom. The van der Waals surface area contributed by atoms with E-state index >= 15 is 0 Å². The van der Waals surface area contributed by atoms with Crippen LogP contribution < -0.4 is 16.0 Å². The second-order valence-electron chi connectivity index (χ2n) is 5.49. The molecule has 1 fully saturated rings. The Bertz CT molecular complexity index is 446. The Morgan fingerprint density at radius 1 is 1.19 bits per heavy atom. The van der Waals surface area contributed by atoms with Crippen LogP contribution in [0.5, 0.6) is 0 Å². The van der Waals surface area contributed by atoms with Crippen molar-refractivity contribution in [1.82, 2.24) is 10.2 Å². The SMILES string of the molecule is CCN1CCCC(Nc2ccc(NC(=O)NC)cc2)CC1. The lowest BCUT2D eigenvalue weighted by Crippen LogP contribution is -2.26. The number of amides is 2. The molecule has 1 saturated heterocycles. The molecule has 5 nitrogen and oxygen atoms in total. The Morgan fingerprint density at radius 2 is 1.90 bits per heavy atom. The number of benzene rings is 1. The number of likely N-dealkylation sites (tertiary alicyclic amines) is 1.